The maximum atomic E-state index is 7.66. The summed E-state index contributed by atoms with van der Waals surface area (Å²) in [5.41, 5.74) is 18.5. The number of hydrogen-bond donors (Lipinski definition) is 0. The molecule has 0 fully saturated rings. The molecule has 0 saturated carbocycles. The minimum Gasteiger partial charge on any atom is -0.458 e. The fraction of sp³-hybridized carbons (Fsp3) is 0.323. The first kappa shape index (κ1) is 45.9. The van der Waals surface area contributed by atoms with Crippen molar-refractivity contribution >= 4 is 105 Å². The highest BCUT2D eigenvalue weighted by atomic mass is 32.1. The van der Waals surface area contributed by atoms with Gasteiger partial charge >= 0.3 is 0 Å². The molecule has 358 valence electrons. The maximum absolute atomic E-state index is 7.66. The molecule has 0 atom stereocenters. The molecule has 5 heterocycles. The van der Waals surface area contributed by atoms with Gasteiger partial charge in [-0.1, -0.05) is 152 Å². The summed E-state index contributed by atoms with van der Waals surface area (Å²) < 4.78 is 15.3. The molecule has 2 aliphatic rings. The largest absolute Gasteiger partial charge is 0.458 e. The number of thiophene rings is 1. The molecule has 0 saturated heterocycles. The van der Waals surface area contributed by atoms with E-state index < -0.39 is 0 Å². The molecule has 0 radical (unpaired) electrons. The molecule has 10 aromatic rings. The average Bonchev–Trinajstić information content (AvgIpc) is 3.94. The molecular weight excluding hydrogens is 882 g/mol. The Bertz CT molecular complexity index is 3810. The number of anilines is 3. The number of rotatable bonds is 2. The first-order valence-corrected chi connectivity index (χ1v) is 26.6. The molecule has 6 heteroatoms. The summed E-state index contributed by atoms with van der Waals surface area (Å²) in [6, 6.07) is 47.3. The van der Waals surface area contributed by atoms with Crippen LogP contribution >= 0.6 is 11.3 Å². The van der Waals surface area contributed by atoms with Crippen LogP contribution in [0.2, 0.25) is 0 Å². The van der Waals surface area contributed by atoms with Crippen molar-refractivity contribution in [2.24, 2.45) is 7.05 Å². The van der Waals surface area contributed by atoms with E-state index in [0.717, 1.165) is 17.2 Å². The predicted octanol–water partition coefficient (Wildman–Crippen LogP) is 16.5. The molecule has 0 N–H and O–H groups in total. The summed E-state index contributed by atoms with van der Waals surface area (Å²) in [5.74, 6) is 1.86. The van der Waals surface area contributed by atoms with Crippen LogP contribution in [0.3, 0.4) is 0 Å². The third-order valence-corrected chi connectivity index (χ3v) is 17.2. The molecule has 0 unspecified atom stereocenters. The van der Waals surface area contributed by atoms with Crippen LogP contribution in [0, 0.1) is 0 Å². The van der Waals surface area contributed by atoms with Gasteiger partial charge in [-0.05, 0) is 133 Å². The summed E-state index contributed by atoms with van der Waals surface area (Å²) in [4.78, 5) is 2.59. The lowest BCUT2D eigenvalue weighted by Crippen LogP contribution is -2.59. The van der Waals surface area contributed by atoms with Crippen molar-refractivity contribution in [1.82, 2.24) is 9.13 Å². The molecule has 3 aromatic heterocycles. The van der Waals surface area contributed by atoms with Gasteiger partial charge in [0.25, 0.3) is 6.71 Å². The predicted molar refractivity (Wildman–Crippen MR) is 310 cm³/mol. The van der Waals surface area contributed by atoms with Gasteiger partial charge in [0.15, 0.2) is 0 Å². The van der Waals surface area contributed by atoms with Crippen LogP contribution in [0.25, 0.3) is 59.4 Å². The Hall–Kier alpha value is -6.24. The van der Waals surface area contributed by atoms with Crippen molar-refractivity contribution in [2.75, 3.05) is 4.90 Å². The zero-order valence-electron chi connectivity index (χ0n) is 44.8. The summed E-state index contributed by atoms with van der Waals surface area (Å²) in [7, 11) is 2.28. The van der Waals surface area contributed by atoms with Crippen LogP contribution in [0.4, 0.5) is 17.1 Å². The third-order valence-electron chi connectivity index (χ3n) is 15.9. The lowest BCUT2D eigenvalue weighted by molar-refractivity contribution is 0.483. The molecule has 4 nitrogen and oxygen atoms in total. The zero-order chi connectivity index (χ0) is 50.2. The maximum Gasteiger partial charge on any atom is 0.271 e. The van der Waals surface area contributed by atoms with Crippen molar-refractivity contribution in [3.63, 3.8) is 0 Å². The minimum absolute atomic E-state index is 0.00379. The van der Waals surface area contributed by atoms with E-state index in [2.05, 4.69) is 246 Å². The number of benzene rings is 7. The van der Waals surface area contributed by atoms with Crippen molar-refractivity contribution in [3.05, 3.63) is 149 Å². The fourth-order valence-corrected chi connectivity index (χ4v) is 13.0. The van der Waals surface area contributed by atoms with Crippen LogP contribution in [-0.2, 0) is 34.1 Å². The Morgan fingerprint density at radius 2 is 0.972 bits per heavy atom. The van der Waals surface area contributed by atoms with Gasteiger partial charge in [0, 0.05) is 71.9 Å². The Kier molecular flexibility index (Phi) is 9.64. The summed E-state index contributed by atoms with van der Waals surface area (Å²) in [5, 5.41) is 6.36. The highest BCUT2D eigenvalue weighted by molar-refractivity contribution is 7.33. The van der Waals surface area contributed by atoms with Crippen LogP contribution in [-0.4, -0.2) is 15.8 Å². The highest BCUT2D eigenvalue weighted by Crippen LogP contribution is 2.50. The quantitative estimate of drug-likeness (QED) is 0.161. The average molecular weight is 950 g/mol. The monoisotopic (exact) mass is 950 g/mol. The highest BCUT2D eigenvalue weighted by Gasteiger charge is 2.47. The van der Waals surface area contributed by atoms with E-state index in [1.807, 2.05) is 11.3 Å². The number of hydrogen-bond acceptors (Lipinski definition) is 3. The van der Waals surface area contributed by atoms with E-state index in [-0.39, 0.29) is 33.8 Å². The number of ether oxygens (including phenoxy) is 1. The van der Waals surface area contributed by atoms with Gasteiger partial charge in [0.1, 0.15) is 11.5 Å². The molecule has 2 aliphatic heterocycles. The SMILES string of the molecule is Cn1c2ccccc2c2c(-n3c4ccc(C(C)(C)C)cc4c4cc(C(C)(C)C)ccc43)cc3c(c21)B1c2sc4ccc(C(C)(C)C)cc4c2N(c2ccc(C(C)(C)C)cc2)c2cc(C(C)(C)C)cc(c21)O3. The molecule has 0 spiro atoms. The van der Waals surface area contributed by atoms with E-state index in [4.69, 9.17) is 4.74 Å². The van der Waals surface area contributed by atoms with Gasteiger partial charge in [0.05, 0.1) is 22.4 Å². The van der Waals surface area contributed by atoms with Gasteiger partial charge in [0.2, 0.25) is 0 Å². The second kappa shape index (κ2) is 14.9. The van der Waals surface area contributed by atoms with Crippen LogP contribution in [0.1, 0.15) is 132 Å². The van der Waals surface area contributed by atoms with Crippen molar-refractivity contribution in [1.29, 1.82) is 0 Å². The van der Waals surface area contributed by atoms with Gasteiger partial charge < -0.3 is 18.8 Å². The van der Waals surface area contributed by atoms with Crippen molar-refractivity contribution < 1.29 is 4.74 Å². The molecule has 71 heavy (non-hydrogen) atoms. The molecule has 0 aliphatic carbocycles. The van der Waals surface area contributed by atoms with Crippen LogP contribution < -0.4 is 25.3 Å². The second-order valence-electron chi connectivity index (χ2n) is 26.0. The van der Waals surface area contributed by atoms with E-state index in [9.17, 15) is 0 Å². The third kappa shape index (κ3) is 6.90. The van der Waals surface area contributed by atoms with E-state index in [1.165, 1.54) is 114 Å². The topological polar surface area (TPSA) is 22.3 Å². The van der Waals surface area contributed by atoms with Gasteiger partial charge in [-0.3, -0.25) is 0 Å². The lowest BCUT2D eigenvalue weighted by Gasteiger charge is -2.40. The van der Waals surface area contributed by atoms with Gasteiger partial charge in [-0.2, -0.15) is 0 Å². The van der Waals surface area contributed by atoms with E-state index >= 15 is 0 Å². The summed E-state index contributed by atoms with van der Waals surface area (Å²) in [6.45, 7) is 34.7. The van der Waals surface area contributed by atoms with E-state index in [1.54, 1.807) is 0 Å². The summed E-state index contributed by atoms with van der Waals surface area (Å²) in [6.07, 6.45) is 0. The molecule has 12 rings (SSSR count). The minimum atomic E-state index is -0.144. The first-order valence-electron chi connectivity index (χ1n) is 25.8. The zero-order valence-corrected chi connectivity index (χ0v) is 45.6. The Balaban J connectivity index is 1.23. The standard InChI is InChI=1S/C65H68BN3OS/c1-61(2,3)37-21-26-42(27-22-37)68-51-34-41(65(13,14)15)35-52-56(51)66(60-58(68)46-33-40(64(10,11)12)25-30-54(46)71-60)57-53(70-52)36-50(55-43-19-17-18-20-47(43)67(16)59(55)57)69-48-28-23-38(62(4,5)6)31-44(48)45-32-39(63(7,8)9)24-29-49(45)69/h17-36H,1-16H3. The Morgan fingerprint density at radius 1 is 0.451 bits per heavy atom. The van der Waals surface area contributed by atoms with E-state index in [0.29, 0.717) is 0 Å². The Morgan fingerprint density at radius 3 is 1.55 bits per heavy atom. The molecular formula is C65H68BN3OS. The number of para-hydroxylation sites is 1. The smallest absolute Gasteiger partial charge is 0.271 e. The number of aromatic nitrogens is 2. The molecule has 7 aromatic carbocycles. The Labute approximate surface area is 425 Å². The fourth-order valence-electron chi connectivity index (χ4n) is 11.7. The second-order valence-corrected chi connectivity index (χ2v) is 27.1. The van der Waals surface area contributed by atoms with Crippen molar-refractivity contribution in [3.8, 4) is 17.2 Å². The summed E-state index contributed by atoms with van der Waals surface area (Å²) >= 11 is 1.96. The normalized spacial score (nSPS) is 14.3. The lowest BCUT2D eigenvalue weighted by atomic mass is 9.36. The van der Waals surface area contributed by atoms with Crippen molar-refractivity contribution in [2.45, 2.75) is 131 Å². The number of aryl methyl sites for hydroxylation is 1. The van der Waals surface area contributed by atoms with Gasteiger partial charge in [-0.15, -0.1) is 11.3 Å². The molecule has 0 amide bonds. The van der Waals surface area contributed by atoms with Crippen LogP contribution in [0.15, 0.2) is 121 Å². The van der Waals surface area contributed by atoms with Crippen LogP contribution in [0.5, 0.6) is 11.5 Å². The number of nitrogens with zero attached hydrogens (tertiary/aromatic N) is 3. The molecule has 0 bridgehead atoms. The number of fused-ring (bicyclic) bond motifs is 13. The van der Waals surface area contributed by atoms with Gasteiger partial charge in [-0.25, -0.2) is 0 Å². The first-order chi connectivity index (χ1) is 33.3.